The second-order valence-electron chi connectivity index (χ2n) is 6.81. The third-order valence-electron chi connectivity index (χ3n) is 4.96. The van der Waals surface area contributed by atoms with E-state index in [0.29, 0.717) is 13.2 Å². The lowest BCUT2D eigenvalue weighted by Gasteiger charge is -2.41. The van der Waals surface area contributed by atoms with E-state index in [1.54, 1.807) is 14.2 Å². The smallest absolute Gasteiger partial charge is 0.222 e. The number of guanidine groups is 2. The fraction of sp³-hybridized carbons (Fsp3) is 0.333. The van der Waals surface area contributed by atoms with E-state index < -0.39 is 6.29 Å². The van der Waals surface area contributed by atoms with E-state index in [4.69, 9.17) is 19.9 Å². The molecule has 9 heteroatoms. The normalized spacial score (nSPS) is 19.1. The average Bonchev–Trinajstić information content (AvgIpc) is 2.80. The maximum absolute atomic E-state index is 6.11. The van der Waals surface area contributed by atoms with Gasteiger partial charge < -0.3 is 30.2 Å². The van der Waals surface area contributed by atoms with E-state index in [-0.39, 0.29) is 5.96 Å². The number of nitrogens with zero attached hydrogens (tertiary/aromatic N) is 4. The van der Waals surface area contributed by atoms with Gasteiger partial charge in [0.2, 0.25) is 18.2 Å². The molecule has 2 heterocycles. The predicted molar refractivity (Wildman–Crippen MR) is 117 cm³/mol. The molecule has 1 atom stereocenters. The highest BCUT2D eigenvalue weighted by Crippen LogP contribution is 2.27. The van der Waals surface area contributed by atoms with E-state index >= 15 is 0 Å². The Labute approximate surface area is 175 Å². The van der Waals surface area contributed by atoms with Crippen molar-refractivity contribution in [2.45, 2.75) is 6.29 Å². The standard InChI is InChI=1S/C21H26N6O3/c1-28-17-7-3-15(4-8-17)23-20-24-19(22)25-21(26-11-13-30-14-12-26)27(20)16-5-9-18(29-2)10-6-16/h3-10,20,23H,11-14H2,1-2H3,(H2,22,24). The lowest BCUT2D eigenvalue weighted by molar-refractivity contribution is 0.0671. The molecular formula is C21H26N6O3. The third kappa shape index (κ3) is 4.25. The molecule has 2 aromatic rings. The van der Waals surface area contributed by atoms with Crippen molar-refractivity contribution in [3.63, 3.8) is 0 Å². The number of hydrogen-bond donors (Lipinski definition) is 2. The van der Waals surface area contributed by atoms with Crippen LogP contribution in [0.25, 0.3) is 0 Å². The molecule has 1 unspecified atom stereocenters. The number of methoxy groups -OCH3 is 2. The molecule has 0 saturated carbocycles. The third-order valence-corrected chi connectivity index (χ3v) is 4.96. The minimum atomic E-state index is -0.470. The van der Waals surface area contributed by atoms with Crippen LogP contribution in [0.4, 0.5) is 11.4 Å². The number of hydrogen-bond acceptors (Lipinski definition) is 9. The number of rotatable bonds is 5. The Kier molecular flexibility index (Phi) is 5.89. The first-order valence-corrected chi connectivity index (χ1v) is 9.76. The van der Waals surface area contributed by atoms with Crippen molar-refractivity contribution in [1.29, 1.82) is 0 Å². The minimum Gasteiger partial charge on any atom is -0.497 e. The minimum absolute atomic E-state index is 0.229. The van der Waals surface area contributed by atoms with Crippen LogP contribution in [0.2, 0.25) is 0 Å². The molecule has 1 saturated heterocycles. The number of anilines is 2. The van der Waals surface area contributed by atoms with E-state index in [1.807, 2.05) is 53.4 Å². The van der Waals surface area contributed by atoms with E-state index in [1.165, 1.54) is 0 Å². The zero-order valence-electron chi connectivity index (χ0n) is 17.1. The van der Waals surface area contributed by atoms with Crippen molar-refractivity contribution in [3.05, 3.63) is 48.5 Å². The fourth-order valence-corrected chi connectivity index (χ4v) is 3.40. The maximum Gasteiger partial charge on any atom is 0.222 e. The van der Waals surface area contributed by atoms with Crippen molar-refractivity contribution in [3.8, 4) is 11.5 Å². The molecule has 2 aromatic carbocycles. The molecule has 9 nitrogen and oxygen atoms in total. The van der Waals surface area contributed by atoms with Crippen molar-refractivity contribution in [2.75, 3.05) is 50.7 Å². The van der Waals surface area contributed by atoms with Gasteiger partial charge in [-0.25, -0.2) is 4.99 Å². The van der Waals surface area contributed by atoms with Gasteiger partial charge in [0, 0.05) is 24.5 Å². The largest absolute Gasteiger partial charge is 0.497 e. The van der Waals surface area contributed by atoms with Crippen LogP contribution in [-0.2, 0) is 4.74 Å². The first-order valence-electron chi connectivity index (χ1n) is 9.76. The van der Waals surface area contributed by atoms with Crippen LogP contribution >= 0.6 is 0 Å². The Bertz CT molecular complexity index is 907. The van der Waals surface area contributed by atoms with Gasteiger partial charge in [-0.3, -0.25) is 4.90 Å². The molecule has 0 bridgehead atoms. The monoisotopic (exact) mass is 410 g/mol. The van der Waals surface area contributed by atoms with E-state index in [2.05, 4.69) is 20.2 Å². The zero-order valence-corrected chi connectivity index (χ0v) is 17.1. The van der Waals surface area contributed by atoms with Crippen LogP contribution in [-0.4, -0.2) is 63.6 Å². The number of ether oxygens (including phenoxy) is 3. The van der Waals surface area contributed by atoms with E-state index in [9.17, 15) is 0 Å². The quantitative estimate of drug-likeness (QED) is 0.777. The fourth-order valence-electron chi connectivity index (χ4n) is 3.40. The van der Waals surface area contributed by atoms with Gasteiger partial charge in [0.15, 0.2) is 0 Å². The Morgan fingerprint density at radius 2 is 1.57 bits per heavy atom. The zero-order chi connectivity index (χ0) is 20.9. The summed E-state index contributed by atoms with van der Waals surface area (Å²) in [5, 5.41) is 3.44. The molecule has 30 heavy (non-hydrogen) atoms. The van der Waals surface area contributed by atoms with Crippen LogP contribution in [0.3, 0.4) is 0 Å². The van der Waals surface area contributed by atoms with Crippen molar-refractivity contribution >= 4 is 23.3 Å². The van der Waals surface area contributed by atoms with Gasteiger partial charge in [0.25, 0.3) is 0 Å². The molecule has 0 amide bonds. The van der Waals surface area contributed by atoms with Gasteiger partial charge in [0.1, 0.15) is 11.5 Å². The van der Waals surface area contributed by atoms with Crippen LogP contribution < -0.4 is 25.4 Å². The molecule has 2 aliphatic heterocycles. The summed E-state index contributed by atoms with van der Waals surface area (Å²) in [4.78, 5) is 13.3. The number of nitrogens with one attached hydrogen (secondary N) is 1. The van der Waals surface area contributed by atoms with Gasteiger partial charge in [-0.15, -0.1) is 0 Å². The van der Waals surface area contributed by atoms with Gasteiger partial charge in [0.05, 0.1) is 27.4 Å². The Morgan fingerprint density at radius 1 is 0.967 bits per heavy atom. The highest BCUT2D eigenvalue weighted by atomic mass is 16.5. The predicted octanol–water partition coefficient (Wildman–Crippen LogP) is 1.92. The Hall–Kier alpha value is -3.46. The molecule has 0 spiro atoms. The molecule has 158 valence electrons. The summed E-state index contributed by atoms with van der Waals surface area (Å²) >= 11 is 0. The molecule has 3 N–H and O–H groups in total. The summed E-state index contributed by atoms with van der Waals surface area (Å²) in [6.07, 6.45) is -0.470. The molecule has 0 aliphatic carbocycles. The Morgan fingerprint density at radius 3 is 2.17 bits per heavy atom. The molecule has 4 rings (SSSR count). The lowest BCUT2D eigenvalue weighted by atomic mass is 10.2. The average molecular weight is 410 g/mol. The summed E-state index contributed by atoms with van der Waals surface area (Å²) in [6, 6.07) is 15.5. The first-order chi connectivity index (χ1) is 14.7. The second-order valence-corrected chi connectivity index (χ2v) is 6.81. The molecule has 0 radical (unpaired) electrons. The summed E-state index contributed by atoms with van der Waals surface area (Å²) in [5.74, 6) is 2.53. The summed E-state index contributed by atoms with van der Waals surface area (Å²) in [5.41, 5.74) is 7.91. The summed E-state index contributed by atoms with van der Waals surface area (Å²) < 4.78 is 16.1. The highest BCUT2D eigenvalue weighted by molar-refractivity contribution is 6.06. The van der Waals surface area contributed by atoms with Crippen LogP contribution in [0.5, 0.6) is 11.5 Å². The number of aliphatic imine (C=N–C) groups is 2. The topological polar surface area (TPSA) is 96.9 Å². The summed E-state index contributed by atoms with van der Waals surface area (Å²) in [7, 11) is 3.29. The Balaban J connectivity index is 1.68. The number of nitrogens with two attached hydrogens (primary N) is 1. The van der Waals surface area contributed by atoms with Crippen LogP contribution in [0.15, 0.2) is 58.5 Å². The van der Waals surface area contributed by atoms with Gasteiger partial charge in [-0.05, 0) is 48.5 Å². The van der Waals surface area contributed by atoms with Crippen LogP contribution in [0, 0.1) is 0 Å². The van der Waals surface area contributed by atoms with Gasteiger partial charge in [-0.2, -0.15) is 4.99 Å². The molecule has 2 aliphatic rings. The highest BCUT2D eigenvalue weighted by Gasteiger charge is 2.32. The lowest BCUT2D eigenvalue weighted by Crippen LogP contribution is -2.57. The van der Waals surface area contributed by atoms with Crippen LogP contribution in [0.1, 0.15) is 0 Å². The van der Waals surface area contributed by atoms with Crippen molar-refractivity contribution < 1.29 is 14.2 Å². The molecule has 1 fully saturated rings. The van der Waals surface area contributed by atoms with Crippen molar-refractivity contribution in [2.24, 2.45) is 15.7 Å². The van der Waals surface area contributed by atoms with Gasteiger partial charge >= 0.3 is 0 Å². The second kappa shape index (κ2) is 8.91. The number of benzene rings is 2. The summed E-state index contributed by atoms with van der Waals surface area (Å²) in [6.45, 7) is 2.74. The maximum atomic E-state index is 6.11. The SMILES string of the molecule is COc1ccc(NC2N=C(N)N=C(N3CCOCC3)N2c2ccc(OC)cc2)cc1. The van der Waals surface area contributed by atoms with Gasteiger partial charge in [-0.1, -0.05) is 0 Å². The van der Waals surface area contributed by atoms with E-state index in [0.717, 1.165) is 41.9 Å². The molecule has 0 aromatic heterocycles. The first kappa shape index (κ1) is 19.8. The van der Waals surface area contributed by atoms with Crippen molar-refractivity contribution in [1.82, 2.24) is 4.90 Å². The number of morpholine rings is 1. The molecular weight excluding hydrogens is 384 g/mol.